The first-order valence-corrected chi connectivity index (χ1v) is 12.2. The number of sulfone groups is 1. The van der Waals surface area contributed by atoms with Crippen LogP contribution in [0.1, 0.15) is 11.3 Å². The maximum absolute atomic E-state index is 13.7. The molecule has 0 amide bonds. The van der Waals surface area contributed by atoms with E-state index in [-0.39, 0.29) is 27.0 Å². The maximum atomic E-state index is 13.7. The highest BCUT2D eigenvalue weighted by Crippen LogP contribution is 2.37. The number of alkyl halides is 3. The van der Waals surface area contributed by atoms with Crippen LogP contribution in [0.15, 0.2) is 83.9 Å². The lowest BCUT2D eigenvalue weighted by molar-refractivity contribution is -0.137. The lowest BCUT2D eigenvalue weighted by atomic mass is 10.0. The molecule has 5 nitrogen and oxygen atoms in total. The second-order valence-corrected chi connectivity index (χ2v) is 10.0. The molecule has 2 N–H and O–H groups in total. The fraction of sp³-hybridized carbons (Fsp3) is 0.0833. The van der Waals surface area contributed by atoms with Gasteiger partial charge in [0, 0.05) is 23.7 Å². The summed E-state index contributed by atoms with van der Waals surface area (Å²) in [6.07, 6.45) is -1.95. The molecule has 0 saturated carbocycles. The summed E-state index contributed by atoms with van der Waals surface area (Å²) in [5, 5.41) is 0. The lowest BCUT2D eigenvalue weighted by Crippen LogP contribution is -2.10. The van der Waals surface area contributed by atoms with Crippen LogP contribution in [0.2, 0.25) is 0 Å². The van der Waals surface area contributed by atoms with Crippen LogP contribution < -0.4 is 5.73 Å². The maximum Gasteiger partial charge on any atom is 0.417 e. The van der Waals surface area contributed by atoms with Gasteiger partial charge in [-0.3, -0.25) is 4.57 Å². The molecule has 174 valence electrons. The summed E-state index contributed by atoms with van der Waals surface area (Å²) in [7, 11) is -3.37. The van der Waals surface area contributed by atoms with Crippen LogP contribution in [0.25, 0.3) is 28.2 Å². The van der Waals surface area contributed by atoms with Gasteiger partial charge in [-0.25, -0.2) is 13.4 Å². The molecule has 0 aliphatic rings. The number of nitrogens with two attached hydrogens (primary N) is 1. The van der Waals surface area contributed by atoms with E-state index in [1.165, 1.54) is 35.0 Å². The largest absolute Gasteiger partial charge is 0.417 e. The minimum Gasteiger partial charge on any atom is -0.388 e. The van der Waals surface area contributed by atoms with Gasteiger partial charge < -0.3 is 5.73 Å². The summed E-state index contributed by atoms with van der Waals surface area (Å²) in [6, 6.07) is 18.6. The molecule has 0 fully saturated rings. The van der Waals surface area contributed by atoms with Gasteiger partial charge in [0.25, 0.3) is 0 Å². The third-order valence-electron chi connectivity index (χ3n) is 5.17. The second kappa shape index (κ2) is 8.69. The van der Waals surface area contributed by atoms with Gasteiger partial charge in [0.1, 0.15) is 16.5 Å². The Kier molecular flexibility index (Phi) is 6.05. The van der Waals surface area contributed by atoms with E-state index in [0.717, 1.165) is 17.9 Å². The number of nitrogens with zero attached hydrogens (tertiary/aromatic N) is 2. The zero-order chi connectivity index (χ0) is 24.7. The highest BCUT2D eigenvalue weighted by atomic mass is 32.2. The standard InChI is InChI=1S/C24H18F3N3O2S2/c1-34(31,32)18-6-4-5-16(13-18)15-9-11-17(12-10-15)30-14-21(22(28)33)29-23(30)19-7-2-3-8-20(19)24(25,26)27/h2-14H,1H3,(H2,28,33). The van der Waals surface area contributed by atoms with Crippen LogP contribution in [0, 0.1) is 0 Å². The molecule has 0 atom stereocenters. The molecule has 0 radical (unpaired) electrons. The van der Waals surface area contributed by atoms with E-state index in [1.54, 1.807) is 42.5 Å². The van der Waals surface area contributed by atoms with Gasteiger partial charge in [0.05, 0.1) is 10.5 Å². The second-order valence-electron chi connectivity index (χ2n) is 7.57. The van der Waals surface area contributed by atoms with Crippen LogP contribution in [-0.4, -0.2) is 29.2 Å². The SMILES string of the molecule is CS(=O)(=O)c1cccc(-c2ccc(-n3cc(C(N)=S)nc3-c3ccccc3C(F)(F)F)cc2)c1. The zero-order valence-electron chi connectivity index (χ0n) is 17.7. The van der Waals surface area contributed by atoms with Crippen molar-refractivity contribution >= 4 is 27.0 Å². The first-order chi connectivity index (χ1) is 15.9. The van der Waals surface area contributed by atoms with Gasteiger partial charge in [0.15, 0.2) is 9.84 Å². The topological polar surface area (TPSA) is 78.0 Å². The van der Waals surface area contributed by atoms with E-state index in [0.29, 0.717) is 11.3 Å². The number of hydrogen-bond acceptors (Lipinski definition) is 4. The average Bonchev–Trinajstić information content (AvgIpc) is 3.24. The molecule has 0 unspecified atom stereocenters. The summed E-state index contributed by atoms with van der Waals surface area (Å²) >= 11 is 5.00. The number of rotatable bonds is 5. The van der Waals surface area contributed by atoms with Crippen molar-refractivity contribution in [2.45, 2.75) is 11.1 Å². The van der Waals surface area contributed by atoms with Crippen molar-refractivity contribution in [2.75, 3.05) is 6.26 Å². The first kappa shape index (κ1) is 23.7. The highest BCUT2D eigenvalue weighted by Gasteiger charge is 2.34. The molecule has 3 aromatic carbocycles. The number of hydrogen-bond donors (Lipinski definition) is 1. The molecule has 10 heteroatoms. The molecule has 0 aliphatic carbocycles. The van der Waals surface area contributed by atoms with E-state index >= 15 is 0 Å². The van der Waals surface area contributed by atoms with Crippen molar-refractivity contribution in [1.29, 1.82) is 0 Å². The molecule has 4 rings (SSSR count). The van der Waals surface area contributed by atoms with Gasteiger partial charge in [0.2, 0.25) is 0 Å². The van der Waals surface area contributed by atoms with Crippen LogP contribution in [-0.2, 0) is 16.0 Å². The van der Waals surface area contributed by atoms with Crippen molar-refractivity contribution < 1.29 is 21.6 Å². The van der Waals surface area contributed by atoms with Crippen molar-refractivity contribution in [3.05, 3.63) is 90.3 Å². The fourth-order valence-electron chi connectivity index (χ4n) is 3.53. The summed E-state index contributed by atoms with van der Waals surface area (Å²) in [5.74, 6) is 0.0440. The third-order valence-corrected chi connectivity index (χ3v) is 6.49. The first-order valence-electron chi connectivity index (χ1n) is 9.92. The smallest absolute Gasteiger partial charge is 0.388 e. The lowest BCUT2D eigenvalue weighted by Gasteiger charge is -2.14. The Balaban J connectivity index is 1.82. The van der Waals surface area contributed by atoms with Crippen LogP contribution >= 0.6 is 12.2 Å². The molecule has 1 heterocycles. The van der Waals surface area contributed by atoms with Crippen molar-refractivity contribution in [3.8, 4) is 28.2 Å². The van der Waals surface area contributed by atoms with Crippen molar-refractivity contribution in [3.63, 3.8) is 0 Å². The molecule has 0 spiro atoms. The Bertz CT molecular complexity index is 1490. The summed E-state index contributed by atoms with van der Waals surface area (Å²) < 4.78 is 66.2. The fourth-order valence-corrected chi connectivity index (χ4v) is 4.30. The predicted molar refractivity (Wildman–Crippen MR) is 128 cm³/mol. The molecule has 0 saturated heterocycles. The zero-order valence-corrected chi connectivity index (χ0v) is 19.4. The Morgan fingerprint density at radius 3 is 2.26 bits per heavy atom. The molecule has 0 bridgehead atoms. The van der Waals surface area contributed by atoms with E-state index in [9.17, 15) is 21.6 Å². The number of aromatic nitrogens is 2. The van der Waals surface area contributed by atoms with Crippen molar-refractivity contribution in [1.82, 2.24) is 9.55 Å². The Labute approximate surface area is 199 Å². The van der Waals surface area contributed by atoms with Crippen LogP contribution in [0.3, 0.4) is 0 Å². The quantitative estimate of drug-likeness (QED) is 0.378. The van der Waals surface area contributed by atoms with Crippen molar-refractivity contribution in [2.24, 2.45) is 5.73 Å². The molecule has 34 heavy (non-hydrogen) atoms. The minimum atomic E-state index is -4.58. The highest BCUT2D eigenvalue weighted by molar-refractivity contribution is 7.90. The molecule has 4 aromatic rings. The van der Waals surface area contributed by atoms with Gasteiger partial charge in [-0.1, -0.05) is 54.7 Å². The monoisotopic (exact) mass is 501 g/mol. The Hall–Kier alpha value is -3.50. The normalized spacial score (nSPS) is 12.0. The molecular formula is C24H18F3N3O2S2. The number of benzene rings is 3. The van der Waals surface area contributed by atoms with Gasteiger partial charge in [-0.05, 0) is 41.5 Å². The molecule has 0 aliphatic heterocycles. The van der Waals surface area contributed by atoms with Crippen LogP contribution in [0.5, 0.6) is 0 Å². The summed E-state index contributed by atoms with van der Waals surface area (Å²) in [5.41, 5.74) is 6.92. The summed E-state index contributed by atoms with van der Waals surface area (Å²) in [4.78, 5) is 4.43. The average molecular weight is 502 g/mol. The van der Waals surface area contributed by atoms with E-state index < -0.39 is 21.6 Å². The van der Waals surface area contributed by atoms with E-state index in [2.05, 4.69) is 4.98 Å². The molecular weight excluding hydrogens is 483 g/mol. The van der Waals surface area contributed by atoms with E-state index in [4.69, 9.17) is 18.0 Å². The predicted octanol–water partition coefficient (Wildman–Crippen LogP) is 5.26. The Morgan fingerprint density at radius 2 is 1.65 bits per heavy atom. The van der Waals surface area contributed by atoms with Crippen LogP contribution in [0.4, 0.5) is 13.2 Å². The third kappa shape index (κ3) is 4.73. The number of thiocarbonyl (C=S) groups is 1. The van der Waals surface area contributed by atoms with Gasteiger partial charge in [-0.15, -0.1) is 0 Å². The van der Waals surface area contributed by atoms with Gasteiger partial charge >= 0.3 is 6.18 Å². The minimum absolute atomic E-state index is 0.0429. The Morgan fingerprint density at radius 1 is 0.971 bits per heavy atom. The van der Waals surface area contributed by atoms with E-state index in [1.807, 2.05) is 0 Å². The summed E-state index contributed by atoms with van der Waals surface area (Å²) in [6.45, 7) is 0. The number of halogens is 3. The molecule has 1 aromatic heterocycles. The number of imidazole rings is 1. The van der Waals surface area contributed by atoms with Gasteiger partial charge in [-0.2, -0.15) is 13.2 Å².